The fourth-order valence-electron chi connectivity index (χ4n) is 3.04. The van der Waals surface area contributed by atoms with Gasteiger partial charge >= 0.3 is 5.97 Å². The van der Waals surface area contributed by atoms with Gasteiger partial charge in [-0.25, -0.2) is 0 Å². The zero-order chi connectivity index (χ0) is 20.7. The number of hydrogen-bond acceptors (Lipinski definition) is 6. The lowest BCUT2D eigenvalue weighted by Gasteiger charge is -2.19. The average Bonchev–Trinajstić information content (AvgIpc) is 3.17. The summed E-state index contributed by atoms with van der Waals surface area (Å²) in [6, 6.07) is 5.78. The quantitative estimate of drug-likeness (QED) is 0.638. The maximum atomic E-state index is 12.6. The van der Waals surface area contributed by atoms with Crippen LogP contribution < -0.4 is 14.8 Å². The molecule has 0 aliphatic rings. The van der Waals surface area contributed by atoms with Gasteiger partial charge < -0.3 is 24.4 Å². The molecule has 0 aliphatic carbocycles. The van der Waals surface area contributed by atoms with E-state index in [2.05, 4.69) is 10.5 Å². The normalized spacial score (nSPS) is 11.9. The number of carbonyl (C=O) groups is 2. The summed E-state index contributed by atoms with van der Waals surface area (Å²) in [7, 11) is 2.99. The molecular weight excluding hydrogens is 364 g/mol. The zero-order valence-electron chi connectivity index (χ0n) is 16.5. The first kappa shape index (κ1) is 21.3. The van der Waals surface area contributed by atoms with Crippen LogP contribution in [0.15, 0.2) is 28.8 Å². The van der Waals surface area contributed by atoms with Crippen LogP contribution in [0, 0.1) is 0 Å². The molecule has 8 nitrogen and oxygen atoms in total. The molecule has 0 spiro atoms. The number of aliphatic carboxylic acids is 1. The molecule has 1 aromatic heterocycles. The first-order valence-corrected chi connectivity index (χ1v) is 9.14. The van der Waals surface area contributed by atoms with E-state index in [0.29, 0.717) is 22.8 Å². The lowest BCUT2D eigenvalue weighted by molar-refractivity contribution is -0.137. The van der Waals surface area contributed by atoms with Crippen LogP contribution in [0.5, 0.6) is 11.5 Å². The SMILES string of the molecule is CCC(CC)c1cc(C(=O)NC(CC(=O)O)c2ccc(OC)cc2OC)on1. The number of rotatable bonds is 10. The smallest absolute Gasteiger partial charge is 0.305 e. The van der Waals surface area contributed by atoms with E-state index in [1.165, 1.54) is 14.2 Å². The maximum Gasteiger partial charge on any atom is 0.305 e. The molecule has 1 unspecified atom stereocenters. The van der Waals surface area contributed by atoms with Gasteiger partial charge in [-0.05, 0) is 25.0 Å². The van der Waals surface area contributed by atoms with Crippen molar-refractivity contribution in [1.82, 2.24) is 10.5 Å². The third-order valence-electron chi connectivity index (χ3n) is 4.66. The molecule has 8 heteroatoms. The molecule has 152 valence electrons. The molecule has 0 radical (unpaired) electrons. The van der Waals surface area contributed by atoms with Gasteiger partial charge in [0.25, 0.3) is 5.91 Å². The van der Waals surface area contributed by atoms with Crippen LogP contribution in [0.25, 0.3) is 0 Å². The highest BCUT2D eigenvalue weighted by Gasteiger charge is 2.25. The number of carbonyl (C=O) groups excluding carboxylic acids is 1. The Morgan fingerprint density at radius 2 is 1.89 bits per heavy atom. The monoisotopic (exact) mass is 390 g/mol. The van der Waals surface area contributed by atoms with Crippen LogP contribution in [0.1, 0.15) is 66.9 Å². The van der Waals surface area contributed by atoms with E-state index in [-0.39, 0.29) is 18.1 Å². The van der Waals surface area contributed by atoms with Crippen molar-refractivity contribution in [3.05, 3.63) is 41.3 Å². The highest BCUT2D eigenvalue weighted by atomic mass is 16.5. The van der Waals surface area contributed by atoms with Crippen LogP contribution in [0.2, 0.25) is 0 Å². The molecule has 1 atom stereocenters. The first-order chi connectivity index (χ1) is 13.4. The Bertz CT molecular complexity index is 813. The Kier molecular flexibility index (Phi) is 7.43. The van der Waals surface area contributed by atoms with Crippen molar-refractivity contribution in [3.8, 4) is 11.5 Å². The van der Waals surface area contributed by atoms with E-state index in [1.807, 2.05) is 13.8 Å². The number of amides is 1. The van der Waals surface area contributed by atoms with Gasteiger partial charge in [0, 0.05) is 23.6 Å². The van der Waals surface area contributed by atoms with Crippen LogP contribution in [0.3, 0.4) is 0 Å². The molecule has 2 N–H and O–H groups in total. The van der Waals surface area contributed by atoms with Gasteiger partial charge in [0.15, 0.2) is 0 Å². The second-order valence-corrected chi connectivity index (χ2v) is 6.36. The van der Waals surface area contributed by atoms with Gasteiger partial charge in [0.1, 0.15) is 11.5 Å². The zero-order valence-corrected chi connectivity index (χ0v) is 16.5. The summed E-state index contributed by atoms with van der Waals surface area (Å²) in [4.78, 5) is 24.0. The molecule has 2 rings (SSSR count). The largest absolute Gasteiger partial charge is 0.497 e. The van der Waals surface area contributed by atoms with Crippen molar-refractivity contribution in [2.75, 3.05) is 14.2 Å². The van der Waals surface area contributed by atoms with Crippen molar-refractivity contribution in [2.45, 2.75) is 45.1 Å². The Morgan fingerprint density at radius 1 is 1.18 bits per heavy atom. The maximum absolute atomic E-state index is 12.6. The fourth-order valence-corrected chi connectivity index (χ4v) is 3.04. The van der Waals surface area contributed by atoms with Gasteiger partial charge in [-0.1, -0.05) is 19.0 Å². The summed E-state index contributed by atoms with van der Waals surface area (Å²) >= 11 is 0. The summed E-state index contributed by atoms with van der Waals surface area (Å²) in [5.74, 6) is -0.355. The molecule has 0 saturated heterocycles. The second kappa shape index (κ2) is 9.77. The predicted molar refractivity (Wildman–Crippen MR) is 102 cm³/mol. The van der Waals surface area contributed by atoms with Crippen molar-refractivity contribution in [2.24, 2.45) is 0 Å². The fraction of sp³-hybridized carbons (Fsp3) is 0.450. The molecule has 1 heterocycles. The standard InChI is InChI=1S/C20H26N2O6/c1-5-12(6-2)15-10-18(28-22-15)20(25)21-16(11-19(23)24)14-8-7-13(26-3)9-17(14)27-4/h7-10,12,16H,5-6,11H2,1-4H3,(H,21,25)(H,23,24). The van der Waals surface area contributed by atoms with Gasteiger partial charge in [0.05, 0.1) is 32.4 Å². The van der Waals surface area contributed by atoms with E-state index in [9.17, 15) is 14.7 Å². The summed E-state index contributed by atoms with van der Waals surface area (Å²) in [6.45, 7) is 4.09. The van der Waals surface area contributed by atoms with E-state index < -0.39 is 17.9 Å². The van der Waals surface area contributed by atoms with Gasteiger partial charge in [-0.2, -0.15) is 0 Å². The number of carboxylic acids is 1. The van der Waals surface area contributed by atoms with Crippen molar-refractivity contribution >= 4 is 11.9 Å². The summed E-state index contributed by atoms with van der Waals surface area (Å²) < 4.78 is 15.7. The molecule has 0 aliphatic heterocycles. The minimum atomic E-state index is -1.06. The predicted octanol–water partition coefficient (Wildman–Crippen LogP) is 3.54. The van der Waals surface area contributed by atoms with Crippen LogP contribution >= 0.6 is 0 Å². The average molecular weight is 390 g/mol. The van der Waals surface area contributed by atoms with Crippen molar-refractivity contribution in [3.63, 3.8) is 0 Å². The first-order valence-electron chi connectivity index (χ1n) is 9.14. The van der Waals surface area contributed by atoms with Crippen LogP contribution in [-0.4, -0.2) is 36.4 Å². The van der Waals surface area contributed by atoms with Gasteiger partial charge in [0.2, 0.25) is 5.76 Å². The van der Waals surface area contributed by atoms with Gasteiger partial charge in [-0.15, -0.1) is 0 Å². The third-order valence-corrected chi connectivity index (χ3v) is 4.66. The topological polar surface area (TPSA) is 111 Å². The Balaban J connectivity index is 2.27. The molecule has 0 bridgehead atoms. The molecule has 1 aromatic carbocycles. The highest BCUT2D eigenvalue weighted by Crippen LogP contribution is 2.31. The Hall–Kier alpha value is -3.03. The highest BCUT2D eigenvalue weighted by molar-refractivity contribution is 5.92. The minimum absolute atomic E-state index is 0.0461. The molecular formula is C20H26N2O6. The number of nitrogens with one attached hydrogen (secondary N) is 1. The molecule has 0 fully saturated rings. The number of nitrogens with zero attached hydrogens (tertiary/aromatic N) is 1. The number of carboxylic acid groups (broad SMARTS) is 1. The third kappa shape index (κ3) is 5.03. The van der Waals surface area contributed by atoms with E-state index in [4.69, 9.17) is 14.0 Å². The lowest BCUT2D eigenvalue weighted by Crippen LogP contribution is -2.30. The molecule has 2 aromatic rings. The molecule has 0 saturated carbocycles. The molecule has 1 amide bonds. The molecule has 28 heavy (non-hydrogen) atoms. The van der Waals surface area contributed by atoms with E-state index in [0.717, 1.165) is 12.8 Å². The Labute approximate surface area is 163 Å². The minimum Gasteiger partial charge on any atom is -0.497 e. The summed E-state index contributed by atoms with van der Waals surface area (Å²) in [5.41, 5.74) is 1.24. The van der Waals surface area contributed by atoms with Crippen molar-refractivity contribution in [1.29, 1.82) is 0 Å². The Morgan fingerprint density at radius 3 is 2.46 bits per heavy atom. The van der Waals surface area contributed by atoms with Crippen LogP contribution in [-0.2, 0) is 4.79 Å². The number of methoxy groups -OCH3 is 2. The van der Waals surface area contributed by atoms with E-state index in [1.54, 1.807) is 24.3 Å². The van der Waals surface area contributed by atoms with Crippen molar-refractivity contribution < 1.29 is 28.7 Å². The van der Waals surface area contributed by atoms with Gasteiger partial charge in [-0.3, -0.25) is 9.59 Å². The van der Waals surface area contributed by atoms with E-state index >= 15 is 0 Å². The van der Waals surface area contributed by atoms with Crippen LogP contribution in [0.4, 0.5) is 0 Å². The number of benzene rings is 1. The summed E-state index contributed by atoms with van der Waals surface area (Å²) in [6.07, 6.45) is 1.45. The second-order valence-electron chi connectivity index (χ2n) is 6.36. The number of aromatic nitrogens is 1. The number of ether oxygens (including phenoxy) is 2. The lowest BCUT2D eigenvalue weighted by atomic mass is 9.99. The number of hydrogen-bond donors (Lipinski definition) is 2. The summed E-state index contributed by atoms with van der Waals surface area (Å²) in [5, 5.41) is 16.0.